The normalized spacial score (nSPS) is 23.1. The molecule has 2 amide bonds. The second kappa shape index (κ2) is 9.56. The van der Waals surface area contributed by atoms with Gasteiger partial charge in [0.2, 0.25) is 0 Å². The number of aromatic nitrogens is 1. The highest BCUT2D eigenvalue weighted by Gasteiger charge is 2.47. The number of amides is 2. The van der Waals surface area contributed by atoms with Crippen molar-refractivity contribution in [3.05, 3.63) is 54.9 Å². The topological polar surface area (TPSA) is 130 Å². The van der Waals surface area contributed by atoms with Gasteiger partial charge in [-0.1, -0.05) is 0 Å². The summed E-state index contributed by atoms with van der Waals surface area (Å²) < 4.78 is 13.2. The third kappa shape index (κ3) is 5.03. The van der Waals surface area contributed by atoms with Gasteiger partial charge in [-0.05, 0) is 80.1 Å². The number of H-pyrrole nitrogens is 1. The molecule has 188 valence electrons. The van der Waals surface area contributed by atoms with Crippen molar-refractivity contribution in [2.45, 2.75) is 71.8 Å². The van der Waals surface area contributed by atoms with E-state index in [0.29, 0.717) is 45.5 Å². The Morgan fingerprint density at radius 2 is 1.80 bits per heavy atom. The number of nitrogens with one attached hydrogen (secondary N) is 3. The van der Waals surface area contributed by atoms with Crippen LogP contribution >= 0.6 is 15.9 Å². The first-order valence-electron chi connectivity index (χ1n) is 11.7. The Balaban J connectivity index is 1.49. The summed E-state index contributed by atoms with van der Waals surface area (Å²) in [5.74, 6) is -0.0877. The van der Waals surface area contributed by atoms with Crippen molar-refractivity contribution in [3.63, 3.8) is 0 Å². The van der Waals surface area contributed by atoms with Crippen LogP contribution in [0.5, 0.6) is 11.5 Å². The molecule has 1 saturated carbocycles. The summed E-state index contributed by atoms with van der Waals surface area (Å²) in [7, 11) is 0. The maximum Gasteiger partial charge on any atom is 0.404 e. The largest absolute Gasteiger partial charge is 0.465 e. The van der Waals surface area contributed by atoms with Crippen LogP contribution < -0.4 is 25.7 Å². The Morgan fingerprint density at radius 3 is 2.43 bits per heavy atom. The molecule has 2 heterocycles. The average molecular weight is 548 g/mol. The van der Waals surface area contributed by atoms with Gasteiger partial charge >= 0.3 is 6.09 Å². The first-order chi connectivity index (χ1) is 16.5. The third-order valence-corrected chi connectivity index (χ3v) is 7.60. The van der Waals surface area contributed by atoms with E-state index in [-0.39, 0.29) is 30.0 Å². The summed E-state index contributed by atoms with van der Waals surface area (Å²) in [5.41, 5.74) is 2.98. The van der Waals surface area contributed by atoms with E-state index in [1.54, 1.807) is 6.07 Å². The van der Waals surface area contributed by atoms with E-state index in [1.165, 1.54) is 0 Å². The highest BCUT2D eigenvalue weighted by atomic mass is 79.9. The van der Waals surface area contributed by atoms with Crippen LogP contribution in [-0.2, 0) is 6.54 Å². The number of hydrogen-bond donors (Lipinski definition) is 4. The van der Waals surface area contributed by atoms with E-state index in [2.05, 4.69) is 31.5 Å². The van der Waals surface area contributed by atoms with Gasteiger partial charge in [0.15, 0.2) is 11.5 Å². The van der Waals surface area contributed by atoms with Gasteiger partial charge < -0.3 is 30.2 Å². The number of pyridine rings is 1. The second-order valence-corrected chi connectivity index (χ2v) is 10.4. The van der Waals surface area contributed by atoms with Crippen LogP contribution in [0.2, 0.25) is 0 Å². The number of carboxylic acid groups (broad SMARTS) is 1. The van der Waals surface area contributed by atoms with Gasteiger partial charge in [-0.15, -0.1) is 0 Å². The molecule has 4 N–H and O–H groups in total. The number of aromatic amines is 1. The monoisotopic (exact) mass is 547 g/mol. The molecule has 0 saturated heterocycles. The maximum absolute atomic E-state index is 13.1. The zero-order valence-electron chi connectivity index (χ0n) is 20.2. The van der Waals surface area contributed by atoms with Crippen molar-refractivity contribution in [1.29, 1.82) is 0 Å². The number of hydrogen-bond acceptors (Lipinski definition) is 5. The van der Waals surface area contributed by atoms with E-state index in [9.17, 15) is 14.4 Å². The van der Waals surface area contributed by atoms with Crippen molar-refractivity contribution in [3.8, 4) is 11.5 Å². The lowest BCUT2D eigenvalue weighted by Gasteiger charge is -2.37. The first kappa shape index (κ1) is 25.1. The van der Waals surface area contributed by atoms with Gasteiger partial charge in [0.05, 0.1) is 4.47 Å². The van der Waals surface area contributed by atoms with Crippen molar-refractivity contribution < 1.29 is 24.2 Å². The summed E-state index contributed by atoms with van der Waals surface area (Å²) in [4.78, 5) is 39.1. The van der Waals surface area contributed by atoms with E-state index < -0.39 is 11.9 Å². The Bertz CT molecular complexity index is 1230. The fourth-order valence-electron chi connectivity index (χ4n) is 5.05. The van der Waals surface area contributed by atoms with Crippen LogP contribution in [-0.4, -0.2) is 33.9 Å². The predicted octanol–water partition coefficient (Wildman–Crippen LogP) is 4.31. The highest BCUT2D eigenvalue weighted by Crippen LogP contribution is 2.51. The number of ether oxygens (including phenoxy) is 2. The lowest BCUT2D eigenvalue weighted by molar-refractivity contribution is -0.121. The molecule has 10 heteroatoms. The standard InChI is InChI=1S/C25H30BrN3O6/c1-12-9-13(2)28-23(31)18(12)11-27-22(30)17-10-19(26)21-20(14(17)3)34-25(4,35-21)15-5-7-16(8-6-15)29-24(32)33/h9-10,15-16,29H,5-8,11H2,1-4H3,(H,27,30)(H,28,31)(H,32,33). The Hall–Kier alpha value is -3.01. The van der Waals surface area contributed by atoms with Crippen LogP contribution in [0.15, 0.2) is 21.4 Å². The van der Waals surface area contributed by atoms with E-state index in [0.717, 1.165) is 24.1 Å². The van der Waals surface area contributed by atoms with Gasteiger partial charge in [-0.2, -0.15) is 0 Å². The molecule has 1 aliphatic carbocycles. The molecule has 9 nitrogen and oxygen atoms in total. The molecule has 0 spiro atoms. The molecule has 1 aromatic heterocycles. The van der Waals surface area contributed by atoms with Crippen LogP contribution in [0.3, 0.4) is 0 Å². The quantitative estimate of drug-likeness (QED) is 0.441. The summed E-state index contributed by atoms with van der Waals surface area (Å²) in [6.45, 7) is 7.47. The Kier molecular flexibility index (Phi) is 6.86. The van der Waals surface area contributed by atoms with E-state index >= 15 is 0 Å². The zero-order chi connectivity index (χ0) is 25.5. The number of halogens is 1. The minimum atomic E-state index is -1.01. The minimum Gasteiger partial charge on any atom is -0.465 e. The lowest BCUT2D eigenvalue weighted by atomic mass is 9.81. The summed E-state index contributed by atoms with van der Waals surface area (Å²) >= 11 is 3.52. The maximum atomic E-state index is 13.1. The molecule has 1 fully saturated rings. The number of benzene rings is 1. The SMILES string of the molecule is Cc1cc(C)c(CNC(=O)c2cc(Br)c3c(c2C)OC(C)(C2CCC(NC(=O)O)CC2)O3)c(=O)[nH]1. The molecule has 1 atom stereocenters. The Labute approximate surface area is 211 Å². The fourth-order valence-corrected chi connectivity index (χ4v) is 5.54. The molecule has 1 aromatic carbocycles. The number of carbonyl (C=O) groups excluding carboxylic acids is 1. The third-order valence-electron chi connectivity index (χ3n) is 7.01. The molecule has 0 bridgehead atoms. The summed E-state index contributed by atoms with van der Waals surface area (Å²) in [6.07, 6.45) is 1.92. The fraction of sp³-hybridized carbons (Fsp3) is 0.480. The number of aryl methyl sites for hydroxylation is 2. The average Bonchev–Trinajstić information content (AvgIpc) is 3.15. The summed E-state index contributed by atoms with van der Waals surface area (Å²) in [6, 6.07) is 3.51. The smallest absolute Gasteiger partial charge is 0.404 e. The molecule has 2 aromatic rings. The summed E-state index contributed by atoms with van der Waals surface area (Å²) in [5, 5.41) is 14.4. The van der Waals surface area contributed by atoms with Crippen molar-refractivity contribution in [2.24, 2.45) is 5.92 Å². The van der Waals surface area contributed by atoms with Gasteiger partial charge in [0.25, 0.3) is 17.3 Å². The van der Waals surface area contributed by atoms with Crippen molar-refractivity contribution in [1.82, 2.24) is 15.6 Å². The molecule has 4 rings (SSSR count). The van der Waals surface area contributed by atoms with Gasteiger partial charge in [-0.3, -0.25) is 9.59 Å². The highest BCUT2D eigenvalue weighted by molar-refractivity contribution is 9.10. The first-order valence-corrected chi connectivity index (χ1v) is 12.5. The minimum absolute atomic E-state index is 0.0655. The van der Waals surface area contributed by atoms with Gasteiger partial charge in [0, 0.05) is 47.8 Å². The molecular formula is C25H30BrN3O6. The lowest BCUT2D eigenvalue weighted by Crippen LogP contribution is -2.47. The van der Waals surface area contributed by atoms with Gasteiger partial charge in [0.1, 0.15) is 0 Å². The van der Waals surface area contributed by atoms with Crippen LogP contribution in [0.4, 0.5) is 4.79 Å². The molecule has 0 radical (unpaired) electrons. The van der Waals surface area contributed by atoms with E-state index in [4.69, 9.17) is 14.6 Å². The van der Waals surface area contributed by atoms with Crippen LogP contribution in [0.1, 0.15) is 65.3 Å². The molecular weight excluding hydrogens is 518 g/mol. The van der Waals surface area contributed by atoms with Crippen LogP contribution in [0, 0.1) is 26.7 Å². The molecule has 35 heavy (non-hydrogen) atoms. The second-order valence-electron chi connectivity index (χ2n) is 9.53. The predicted molar refractivity (Wildman–Crippen MR) is 133 cm³/mol. The van der Waals surface area contributed by atoms with Crippen LogP contribution in [0.25, 0.3) is 0 Å². The van der Waals surface area contributed by atoms with E-state index in [1.807, 2.05) is 33.8 Å². The number of fused-ring (bicyclic) bond motifs is 1. The molecule has 2 aliphatic rings. The van der Waals surface area contributed by atoms with Crippen molar-refractivity contribution >= 4 is 27.9 Å². The molecule has 1 aliphatic heterocycles. The molecule has 1 unspecified atom stereocenters. The van der Waals surface area contributed by atoms with Crippen molar-refractivity contribution in [2.75, 3.05) is 0 Å². The van der Waals surface area contributed by atoms with Gasteiger partial charge in [-0.25, -0.2) is 4.79 Å². The number of carbonyl (C=O) groups is 2. The zero-order valence-corrected chi connectivity index (χ0v) is 21.8. The Morgan fingerprint density at radius 1 is 1.14 bits per heavy atom. The number of rotatable bonds is 5.